The number of aromatic nitrogens is 2. The van der Waals surface area contributed by atoms with Crippen LogP contribution in [0, 0.1) is 6.92 Å². The van der Waals surface area contributed by atoms with E-state index in [1.54, 1.807) is 18.5 Å². The Balaban J connectivity index is 1.51. The van der Waals surface area contributed by atoms with Crippen molar-refractivity contribution < 1.29 is 14.3 Å². The summed E-state index contributed by atoms with van der Waals surface area (Å²) >= 11 is 3.43. The largest absolute Gasteiger partial charge is 0.444 e. The molecule has 9 heteroatoms. The minimum Gasteiger partial charge on any atom is -0.444 e. The van der Waals surface area contributed by atoms with Crippen LogP contribution in [0.25, 0.3) is 5.69 Å². The van der Waals surface area contributed by atoms with Gasteiger partial charge in [-0.15, -0.1) is 0 Å². The van der Waals surface area contributed by atoms with E-state index in [1.807, 2.05) is 62.7 Å². The van der Waals surface area contributed by atoms with Gasteiger partial charge in [-0.25, -0.2) is 9.78 Å². The van der Waals surface area contributed by atoms with Crippen molar-refractivity contribution in [2.75, 3.05) is 18.4 Å². The van der Waals surface area contributed by atoms with E-state index < -0.39 is 5.60 Å². The Hall–Kier alpha value is -3.17. The summed E-state index contributed by atoms with van der Waals surface area (Å²) in [4.78, 5) is 31.9. The fraction of sp³-hybridized carbons (Fsp3) is 0.393. The zero-order valence-electron chi connectivity index (χ0n) is 21.8. The van der Waals surface area contributed by atoms with E-state index in [0.717, 1.165) is 47.3 Å². The second kappa shape index (κ2) is 11.5. The first-order chi connectivity index (χ1) is 17.5. The summed E-state index contributed by atoms with van der Waals surface area (Å²) in [6.45, 7) is 9.88. The summed E-state index contributed by atoms with van der Waals surface area (Å²) in [6.07, 6.45) is 5.25. The van der Waals surface area contributed by atoms with E-state index in [0.29, 0.717) is 17.8 Å². The summed E-state index contributed by atoms with van der Waals surface area (Å²) < 4.78 is 8.24. The normalized spacial score (nSPS) is 16.3. The van der Waals surface area contributed by atoms with E-state index in [9.17, 15) is 9.59 Å². The molecule has 1 aliphatic heterocycles. The van der Waals surface area contributed by atoms with Crippen molar-refractivity contribution in [3.63, 3.8) is 0 Å². The number of carbonyl (C=O) groups is 2. The van der Waals surface area contributed by atoms with Crippen LogP contribution in [-0.4, -0.2) is 51.2 Å². The number of ether oxygens (including phenoxy) is 1. The molecule has 37 heavy (non-hydrogen) atoms. The number of carbonyl (C=O) groups excluding carboxylic acids is 2. The molecule has 196 valence electrons. The van der Waals surface area contributed by atoms with Gasteiger partial charge in [0.25, 0.3) is 5.91 Å². The van der Waals surface area contributed by atoms with Gasteiger partial charge in [0, 0.05) is 46.7 Å². The summed E-state index contributed by atoms with van der Waals surface area (Å²) in [6, 6.07) is 13.4. The Kier molecular flexibility index (Phi) is 8.34. The molecule has 1 aliphatic rings. The lowest BCUT2D eigenvalue weighted by Gasteiger charge is -2.33. The van der Waals surface area contributed by atoms with Gasteiger partial charge in [0.05, 0.1) is 12.0 Å². The molecule has 1 aromatic heterocycles. The quantitative estimate of drug-likeness (QED) is 0.399. The maximum absolute atomic E-state index is 13.0. The van der Waals surface area contributed by atoms with Crippen LogP contribution in [0.2, 0.25) is 0 Å². The highest BCUT2D eigenvalue weighted by Crippen LogP contribution is 2.23. The Morgan fingerprint density at radius 3 is 2.70 bits per heavy atom. The standard InChI is InChI=1S/C28H34BrN5O3/c1-19-15-34(18-30-19)25-12-20(11-24(14-25)31-26(35)21-7-5-8-22(29)13-21)16-33-10-6-9-23(17-33)32-27(36)37-28(2,3)4/h5,7-8,11-15,18,23H,6,9-10,16-17H2,1-4H3,(H,31,35)(H,32,36)/t23-/m0/s1. The second-order valence-electron chi connectivity index (χ2n) is 10.5. The molecular formula is C28H34BrN5O3. The Morgan fingerprint density at radius 1 is 1.19 bits per heavy atom. The summed E-state index contributed by atoms with van der Waals surface area (Å²) in [5.41, 5.74) is 3.66. The van der Waals surface area contributed by atoms with Crippen LogP contribution in [0.5, 0.6) is 0 Å². The highest BCUT2D eigenvalue weighted by Gasteiger charge is 2.24. The van der Waals surface area contributed by atoms with Crippen molar-refractivity contribution in [2.24, 2.45) is 0 Å². The first kappa shape index (κ1) is 26.9. The topological polar surface area (TPSA) is 88.5 Å². The van der Waals surface area contributed by atoms with Gasteiger partial charge in [0.15, 0.2) is 0 Å². The fourth-order valence-electron chi connectivity index (χ4n) is 4.43. The number of anilines is 1. The number of aryl methyl sites for hydroxylation is 1. The zero-order valence-corrected chi connectivity index (χ0v) is 23.3. The van der Waals surface area contributed by atoms with Crippen LogP contribution in [0.3, 0.4) is 0 Å². The number of likely N-dealkylation sites (tertiary alicyclic amines) is 1. The van der Waals surface area contributed by atoms with Gasteiger partial charge in [0.1, 0.15) is 5.60 Å². The molecule has 0 bridgehead atoms. The van der Waals surface area contributed by atoms with E-state index >= 15 is 0 Å². The number of rotatable bonds is 6. The molecule has 1 fully saturated rings. The number of halogens is 1. The number of piperidine rings is 1. The fourth-order valence-corrected chi connectivity index (χ4v) is 4.83. The van der Waals surface area contributed by atoms with Gasteiger partial charge < -0.3 is 19.9 Å². The number of benzene rings is 2. The Bertz CT molecular complexity index is 1270. The van der Waals surface area contributed by atoms with Gasteiger partial charge in [-0.05, 0) is 89.0 Å². The van der Waals surface area contributed by atoms with Crippen molar-refractivity contribution in [1.29, 1.82) is 0 Å². The van der Waals surface area contributed by atoms with Crippen molar-refractivity contribution >= 4 is 33.6 Å². The molecule has 2 N–H and O–H groups in total. The lowest BCUT2D eigenvalue weighted by molar-refractivity contribution is 0.0470. The first-order valence-electron chi connectivity index (χ1n) is 12.5. The van der Waals surface area contributed by atoms with E-state index in [2.05, 4.69) is 42.5 Å². The first-order valence-corrected chi connectivity index (χ1v) is 13.3. The molecule has 1 saturated heterocycles. The third kappa shape index (κ3) is 7.90. The van der Waals surface area contributed by atoms with Gasteiger partial charge in [0.2, 0.25) is 0 Å². The van der Waals surface area contributed by atoms with Gasteiger partial charge in [-0.1, -0.05) is 22.0 Å². The molecule has 1 atom stereocenters. The molecular weight excluding hydrogens is 534 g/mol. The molecule has 0 aliphatic carbocycles. The number of hydrogen-bond donors (Lipinski definition) is 2. The van der Waals surface area contributed by atoms with E-state index in [1.165, 1.54) is 0 Å². The number of hydrogen-bond acceptors (Lipinski definition) is 5. The molecule has 3 aromatic rings. The smallest absolute Gasteiger partial charge is 0.407 e. The molecule has 4 rings (SSSR count). The molecule has 8 nitrogen and oxygen atoms in total. The van der Waals surface area contributed by atoms with E-state index in [-0.39, 0.29) is 18.0 Å². The molecule has 2 aromatic carbocycles. The monoisotopic (exact) mass is 567 g/mol. The van der Waals surface area contributed by atoms with Crippen LogP contribution in [-0.2, 0) is 11.3 Å². The number of alkyl carbamates (subject to hydrolysis) is 1. The van der Waals surface area contributed by atoms with E-state index in [4.69, 9.17) is 4.74 Å². The molecule has 0 unspecified atom stereocenters. The molecule has 2 heterocycles. The number of imidazole rings is 1. The highest BCUT2D eigenvalue weighted by atomic mass is 79.9. The lowest BCUT2D eigenvalue weighted by atomic mass is 10.0. The minimum absolute atomic E-state index is 0.0266. The second-order valence-corrected chi connectivity index (χ2v) is 11.4. The lowest BCUT2D eigenvalue weighted by Crippen LogP contribution is -2.48. The third-order valence-corrected chi connectivity index (χ3v) is 6.46. The highest BCUT2D eigenvalue weighted by molar-refractivity contribution is 9.10. The SMILES string of the molecule is Cc1cn(-c2cc(CN3CCC[C@H](NC(=O)OC(C)(C)C)C3)cc(NC(=O)c3cccc(Br)c3)c2)cn1. The van der Waals surface area contributed by atoms with Crippen LogP contribution < -0.4 is 10.6 Å². The predicted molar refractivity (Wildman–Crippen MR) is 148 cm³/mol. The minimum atomic E-state index is -0.527. The van der Waals surface area contributed by atoms with Crippen molar-refractivity contribution in [3.8, 4) is 5.69 Å². The van der Waals surface area contributed by atoms with Crippen molar-refractivity contribution in [3.05, 3.63) is 76.3 Å². The van der Waals surface area contributed by atoms with Crippen LogP contribution in [0.15, 0.2) is 59.5 Å². The number of nitrogens with zero attached hydrogens (tertiary/aromatic N) is 3. The zero-order chi connectivity index (χ0) is 26.6. The third-order valence-electron chi connectivity index (χ3n) is 5.96. The molecule has 2 amide bonds. The molecule has 0 spiro atoms. The van der Waals surface area contributed by atoms with Gasteiger partial charge >= 0.3 is 6.09 Å². The number of nitrogens with one attached hydrogen (secondary N) is 2. The van der Waals surface area contributed by atoms with Crippen molar-refractivity contribution in [2.45, 2.75) is 58.7 Å². The average Bonchev–Trinajstić information content (AvgIpc) is 3.24. The summed E-state index contributed by atoms with van der Waals surface area (Å²) in [5, 5.41) is 6.07. The Morgan fingerprint density at radius 2 is 2.00 bits per heavy atom. The predicted octanol–water partition coefficient (Wildman–Crippen LogP) is 5.68. The summed E-state index contributed by atoms with van der Waals surface area (Å²) in [7, 11) is 0. The Labute approximate surface area is 226 Å². The molecule has 0 radical (unpaired) electrons. The number of amides is 2. The molecule has 0 saturated carbocycles. The maximum Gasteiger partial charge on any atom is 0.407 e. The van der Waals surface area contributed by atoms with Gasteiger partial charge in [-0.2, -0.15) is 0 Å². The van der Waals surface area contributed by atoms with Gasteiger partial charge in [-0.3, -0.25) is 9.69 Å². The van der Waals surface area contributed by atoms with Crippen molar-refractivity contribution in [1.82, 2.24) is 19.8 Å². The van der Waals surface area contributed by atoms with Crippen LogP contribution in [0.1, 0.15) is 55.2 Å². The maximum atomic E-state index is 13.0. The van der Waals surface area contributed by atoms with Crippen LogP contribution >= 0.6 is 15.9 Å². The summed E-state index contributed by atoms with van der Waals surface area (Å²) in [5.74, 6) is -0.175. The van der Waals surface area contributed by atoms with Crippen LogP contribution in [0.4, 0.5) is 10.5 Å². The average molecular weight is 569 g/mol.